The van der Waals surface area contributed by atoms with Gasteiger partial charge in [-0.05, 0) is 35.9 Å². The first kappa shape index (κ1) is 17.7. The van der Waals surface area contributed by atoms with Gasteiger partial charge >= 0.3 is 0 Å². The normalized spacial score (nSPS) is 10.6. The van der Waals surface area contributed by atoms with E-state index in [2.05, 4.69) is 10.3 Å². The molecule has 2 rings (SSSR count). The highest BCUT2D eigenvalue weighted by molar-refractivity contribution is 6.01. The molecule has 3 N–H and O–H groups in total. The van der Waals surface area contributed by atoms with E-state index < -0.39 is 5.91 Å². The van der Waals surface area contributed by atoms with Gasteiger partial charge in [0.05, 0.1) is 0 Å². The van der Waals surface area contributed by atoms with Crippen LogP contribution in [-0.4, -0.2) is 16.8 Å². The molecule has 1 aromatic heterocycles. The molecular weight excluding hydrogens is 318 g/mol. The number of hydrogen-bond acceptors (Lipinski definition) is 5. The number of nitrogen functional groups attached to an aromatic ring is 1. The van der Waals surface area contributed by atoms with Crippen molar-refractivity contribution in [1.82, 2.24) is 10.3 Å². The first-order chi connectivity index (χ1) is 12.0. The van der Waals surface area contributed by atoms with Crippen molar-refractivity contribution in [3.05, 3.63) is 66.1 Å². The number of rotatable bonds is 5. The summed E-state index contributed by atoms with van der Waals surface area (Å²) in [6.07, 6.45) is 4.46. The van der Waals surface area contributed by atoms with Crippen LogP contribution >= 0.6 is 0 Å². The van der Waals surface area contributed by atoms with Gasteiger partial charge in [0, 0.05) is 43.4 Å². The zero-order chi connectivity index (χ0) is 18.2. The molecule has 0 bridgehead atoms. The Bertz CT molecular complexity index is 823. The Kier molecular flexibility index (Phi) is 5.85. The third-order valence-electron chi connectivity index (χ3n) is 3.31. The lowest BCUT2D eigenvalue weighted by molar-refractivity contribution is -0.117. The maximum absolute atomic E-state index is 12.2. The molecule has 0 fully saturated rings. The minimum absolute atomic E-state index is 0.184. The van der Waals surface area contributed by atoms with Crippen molar-refractivity contribution >= 4 is 23.2 Å². The fourth-order valence-corrected chi connectivity index (χ4v) is 2.03. The third-order valence-corrected chi connectivity index (χ3v) is 3.31. The largest absolute Gasteiger partial charge is 0.399 e. The quantitative estimate of drug-likeness (QED) is 0.491. The number of amides is 2. The van der Waals surface area contributed by atoms with Crippen LogP contribution < -0.4 is 16.0 Å². The van der Waals surface area contributed by atoms with Gasteiger partial charge < -0.3 is 11.1 Å². The molecule has 0 saturated heterocycles. The van der Waals surface area contributed by atoms with Gasteiger partial charge in [0.15, 0.2) is 0 Å². The smallest absolute Gasteiger partial charge is 0.263 e. The predicted octanol–water partition coefficient (Wildman–Crippen LogP) is 1.74. The van der Waals surface area contributed by atoms with Crippen molar-refractivity contribution in [1.29, 1.82) is 5.26 Å². The predicted molar refractivity (Wildman–Crippen MR) is 93.8 cm³/mol. The van der Waals surface area contributed by atoms with Gasteiger partial charge in [-0.15, -0.1) is 0 Å². The standard InChI is InChI=1S/C18H17N5O2/c1-13(24)23(17-6-4-16(20)5-7-17)12-15(9-19)18(25)22-11-14-3-2-8-21-10-14/h2-8,10,12H,11,20H2,1H3,(H,22,25)/b15-12-. The number of hydrogen-bond donors (Lipinski definition) is 2. The summed E-state index contributed by atoms with van der Waals surface area (Å²) in [5.41, 5.74) is 7.31. The number of nitriles is 1. The van der Waals surface area contributed by atoms with Gasteiger partial charge in [-0.2, -0.15) is 5.26 Å². The first-order valence-corrected chi connectivity index (χ1v) is 7.45. The average Bonchev–Trinajstić information content (AvgIpc) is 2.62. The summed E-state index contributed by atoms with van der Waals surface area (Å²) in [5.74, 6) is -0.911. The van der Waals surface area contributed by atoms with Crippen LogP contribution in [0.4, 0.5) is 11.4 Å². The molecule has 7 nitrogen and oxygen atoms in total. The number of aromatic nitrogens is 1. The van der Waals surface area contributed by atoms with Gasteiger partial charge in [0.2, 0.25) is 5.91 Å². The second-order valence-electron chi connectivity index (χ2n) is 5.18. The highest BCUT2D eigenvalue weighted by Gasteiger charge is 2.15. The number of carbonyl (C=O) groups is 2. The summed E-state index contributed by atoms with van der Waals surface area (Å²) < 4.78 is 0. The van der Waals surface area contributed by atoms with Gasteiger partial charge in [0.25, 0.3) is 5.91 Å². The van der Waals surface area contributed by atoms with Crippen LogP contribution in [-0.2, 0) is 16.1 Å². The van der Waals surface area contributed by atoms with Crippen LogP contribution in [0.15, 0.2) is 60.6 Å². The summed E-state index contributed by atoms with van der Waals surface area (Å²) in [5, 5.41) is 11.9. The molecular formula is C18H17N5O2. The Balaban J connectivity index is 2.17. The maximum atomic E-state index is 12.2. The van der Waals surface area contributed by atoms with Crippen molar-refractivity contribution in [2.45, 2.75) is 13.5 Å². The Labute approximate surface area is 145 Å². The summed E-state index contributed by atoms with van der Waals surface area (Å²) in [6.45, 7) is 1.57. The molecule has 126 valence electrons. The van der Waals surface area contributed by atoms with Gasteiger partial charge in [-0.25, -0.2) is 0 Å². The molecule has 25 heavy (non-hydrogen) atoms. The van der Waals surface area contributed by atoms with E-state index in [4.69, 9.17) is 5.73 Å². The average molecular weight is 335 g/mol. The molecule has 2 amide bonds. The van der Waals surface area contributed by atoms with E-state index in [0.29, 0.717) is 11.4 Å². The number of nitrogens with zero attached hydrogens (tertiary/aromatic N) is 3. The van der Waals surface area contributed by atoms with E-state index in [1.54, 1.807) is 48.8 Å². The molecule has 0 unspecified atom stereocenters. The van der Waals surface area contributed by atoms with E-state index in [1.807, 2.05) is 6.07 Å². The van der Waals surface area contributed by atoms with Gasteiger partial charge in [-0.3, -0.25) is 19.5 Å². The zero-order valence-electron chi connectivity index (χ0n) is 13.6. The first-order valence-electron chi connectivity index (χ1n) is 7.45. The molecule has 1 aromatic carbocycles. The molecule has 0 spiro atoms. The fraction of sp³-hybridized carbons (Fsp3) is 0.111. The zero-order valence-corrected chi connectivity index (χ0v) is 13.6. The maximum Gasteiger partial charge on any atom is 0.263 e. The minimum atomic E-state index is -0.576. The number of pyridine rings is 1. The second-order valence-corrected chi connectivity index (χ2v) is 5.18. The Hall–Kier alpha value is -3.66. The van der Waals surface area contributed by atoms with Gasteiger partial charge in [-0.1, -0.05) is 6.07 Å². The van der Waals surface area contributed by atoms with E-state index in [9.17, 15) is 14.9 Å². The summed E-state index contributed by atoms with van der Waals surface area (Å²) in [7, 11) is 0. The Morgan fingerprint density at radius 3 is 2.60 bits per heavy atom. The summed E-state index contributed by atoms with van der Waals surface area (Å²) in [6, 6.07) is 11.9. The van der Waals surface area contributed by atoms with Crippen molar-refractivity contribution < 1.29 is 9.59 Å². The highest BCUT2D eigenvalue weighted by Crippen LogP contribution is 2.18. The van der Waals surface area contributed by atoms with Crippen LogP contribution in [0.25, 0.3) is 0 Å². The second kappa shape index (κ2) is 8.26. The number of benzene rings is 1. The lowest BCUT2D eigenvalue weighted by Gasteiger charge is -2.17. The summed E-state index contributed by atoms with van der Waals surface area (Å²) >= 11 is 0. The number of nitrogens with one attached hydrogen (secondary N) is 1. The van der Waals surface area contributed by atoms with E-state index >= 15 is 0 Å². The SMILES string of the molecule is CC(=O)N(/C=C(/C#N)C(=O)NCc1cccnc1)c1ccc(N)cc1. The fourth-order valence-electron chi connectivity index (χ4n) is 2.03. The topological polar surface area (TPSA) is 112 Å². The summed E-state index contributed by atoms with van der Waals surface area (Å²) in [4.78, 5) is 29.3. The van der Waals surface area contributed by atoms with E-state index in [1.165, 1.54) is 18.0 Å². The van der Waals surface area contributed by atoms with Crippen LogP contribution in [0.5, 0.6) is 0 Å². The number of nitrogens with two attached hydrogens (primary N) is 1. The van der Waals surface area contributed by atoms with Crippen LogP contribution in [0, 0.1) is 11.3 Å². The Morgan fingerprint density at radius 1 is 1.32 bits per heavy atom. The molecule has 7 heteroatoms. The molecule has 0 aliphatic heterocycles. The number of anilines is 2. The molecule has 0 radical (unpaired) electrons. The molecule has 0 aliphatic carbocycles. The number of carbonyl (C=O) groups excluding carboxylic acids is 2. The monoisotopic (exact) mass is 335 g/mol. The van der Waals surface area contributed by atoms with E-state index in [0.717, 1.165) is 5.56 Å². The highest BCUT2D eigenvalue weighted by atomic mass is 16.2. The molecule has 0 saturated carbocycles. The lowest BCUT2D eigenvalue weighted by atomic mass is 10.2. The molecule has 0 aliphatic rings. The van der Waals surface area contributed by atoms with Gasteiger partial charge in [0.1, 0.15) is 11.6 Å². The van der Waals surface area contributed by atoms with E-state index in [-0.39, 0.29) is 18.0 Å². The minimum Gasteiger partial charge on any atom is -0.399 e. The third kappa shape index (κ3) is 4.91. The van der Waals surface area contributed by atoms with Crippen LogP contribution in [0.2, 0.25) is 0 Å². The molecule has 1 heterocycles. The van der Waals surface area contributed by atoms with Crippen molar-refractivity contribution in [3.8, 4) is 6.07 Å². The van der Waals surface area contributed by atoms with Crippen LogP contribution in [0.3, 0.4) is 0 Å². The molecule has 0 atom stereocenters. The van der Waals surface area contributed by atoms with Crippen LogP contribution in [0.1, 0.15) is 12.5 Å². The molecule has 2 aromatic rings. The van der Waals surface area contributed by atoms with Crippen molar-refractivity contribution in [2.75, 3.05) is 10.6 Å². The lowest BCUT2D eigenvalue weighted by Crippen LogP contribution is -2.28. The van der Waals surface area contributed by atoms with Crippen molar-refractivity contribution in [2.24, 2.45) is 0 Å². The van der Waals surface area contributed by atoms with Crippen molar-refractivity contribution in [3.63, 3.8) is 0 Å². The Morgan fingerprint density at radius 2 is 2.04 bits per heavy atom.